The van der Waals surface area contributed by atoms with Crippen molar-refractivity contribution in [1.82, 2.24) is 15.2 Å². The number of carbonyl (C=O) groups excluding carboxylic acids is 3. The van der Waals surface area contributed by atoms with Gasteiger partial charge in [-0.2, -0.15) is 0 Å². The quantitative estimate of drug-likeness (QED) is 0.241. The number of nitrogens with one attached hydrogen (secondary N) is 2. The van der Waals surface area contributed by atoms with Gasteiger partial charge < -0.3 is 24.7 Å². The van der Waals surface area contributed by atoms with Crippen LogP contribution in [0.1, 0.15) is 54.9 Å². The first-order valence-corrected chi connectivity index (χ1v) is 13.9. The zero-order chi connectivity index (χ0) is 31.8. The van der Waals surface area contributed by atoms with Gasteiger partial charge in [0.15, 0.2) is 11.6 Å². The molecule has 2 amide bonds. The van der Waals surface area contributed by atoms with E-state index < -0.39 is 41.1 Å². The Morgan fingerprint density at radius 1 is 0.977 bits per heavy atom. The lowest BCUT2D eigenvalue weighted by Gasteiger charge is -2.29. The van der Waals surface area contributed by atoms with Gasteiger partial charge >= 0.3 is 12.1 Å². The second-order valence-corrected chi connectivity index (χ2v) is 11.4. The van der Waals surface area contributed by atoms with Crippen LogP contribution < -0.4 is 10.1 Å². The minimum atomic E-state index is -1.16. The maximum atomic E-state index is 14.0. The summed E-state index contributed by atoms with van der Waals surface area (Å²) in [7, 11) is 0. The molecule has 0 unspecified atom stereocenters. The highest BCUT2D eigenvalue weighted by Crippen LogP contribution is 2.41. The molecule has 2 heterocycles. The van der Waals surface area contributed by atoms with Gasteiger partial charge in [0.1, 0.15) is 11.6 Å². The Hall–Kier alpha value is -5.06. The summed E-state index contributed by atoms with van der Waals surface area (Å²) < 4.78 is 51.7. The van der Waals surface area contributed by atoms with E-state index >= 15 is 0 Å². The number of esters is 1. The Bertz CT molecular complexity index is 1790. The molecule has 0 saturated heterocycles. The molecule has 2 N–H and O–H groups in total. The molecule has 3 aromatic carbocycles. The molecule has 11 heteroatoms. The Morgan fingerprint density at radius 3 is 2.39 bits per heavy atom. The lowest BCUT2D eigenvalue weighted by molar-refractivity contribution is -0.140. The lowest BCUT2D eigenvalue weighted by atomic mass is 9.81. The number of hydrogen-bond donors (Lipinski definition) is 2. The van der Waals surface area contributed by atoms with Crippen LogP contribution in [0.15, 0.2) is 66.9 Å². The molecule has 228 valence electrons. The molecule has 1 aromatic heterocycles. The van der Waals surface area contributed by atoms with Gasteiger partial charge in [0.05, 0.1) is 17.4 Å². The van der Waals surface area contributed by atoms with Crippen LogP contribution in [-0.4, -0.2) is 40.5 Å². The largest absolute Gasteiger partial charge is 0.459 e. The van der Waals surface area contributed by atoms with E-state index in [1.54, 1.807) is 44.2 Å². The van der Waals surface area contributed by atoms with Gasteiger partial charge in [-0.05, 0) is 67.4 Å². The normalized spacial score (nSPS) is 14.1. The van der Waals surface area contributed by atoms with Gasteiger partial charge in [0.2, 0.25) is 0 Å². The number of aromatic amines is 1. The van der Waals surface area contributed by atoms with Crippen molar-refractivity contribution in [3.05, 3.63) is 107 Å². The Morgan fingerprint density at radius 2 is 1.70 bits per heavy atom. The summed E-state index contributed by atoms with van der Waals surface area (Å²) >= 11 is 0. The predicted octanol–water partition coefficient (Wildman–Crippen LogP) is 6.60. The summed E-state index contributed by atoms with van der Waals surface area (Å²) in [4.78, 5) is 43.9. The fourth-order valence-corrected chi connectivity index (χ4v) is 5.19. The summed E-state index contributed by atoms with van der Waals surface area (Å²) in [5, 5.41) is 3.33. The van der Waals surface area contributed by atoms with Crippen molar-refractivity contribution in [2.75, 3.05) is 6.54 Å². The van der Waals surface area contributed by atoms with E-state index in [0.717, 1.165) is 17.5 Å². The summed E-state index contributed by atoms with van der Waals surface area (Å²) in [5.41, 5.74) is 1.61. The number of halogens is 3. The number of carbonyl (C=O) groups is 3. The summed E-state index contributed by atoms with van der Waals surface area (Å²) in [5.74, 6) is -3.70. The Labute approximate surface area is 251 Å². The van der Waals surface area contributed by atoms with Crippen molar-refractivity contribution in [3.8, 4) is 5.75 Å². The summed E-state index contributed by atoms with van der Waals surface area (Å²) in [6, 6.07) is 13.5. The minimum Gasteiger partial charge on any atom is -0.459 e. The molecule has 1 aliphatic heterocycles. The van der Waals surface area contributed by atoms with Crippen molar-refractivity contribution in [2.45, 2.75) is 45.8 Å². The van der Waals surface area contributed by atoms with Crippen LogP contribution in [0, 0.1) is 17.5 Å². The molecule has 0 fully saturated rings. The van der Waals surface area contributed by atoms with Crippen molar-refractivity contribution in [1.29, 1.82) is 0 Å². The van der Waals surface area contributed by atoms with E-state index in [-0.39, 0.29) is 35.8 Å². The van der Waals surface area contributed by atoms with Crippen LogP contribution in [0.25, 0.3) is 16.5 Å². The van der Waals surface area contributed by atoms with Crippen molar-refractivity contribution >= 4 is 34.4 Å². The number of amides is 2. The number of H-pyrrole nitrogens is 1. The van der Waals surface area contributed by atoms with Crippen LogP contribution in [-0.2, 0) is 21.5 Å². The molecule has 0 atom stereocenters. The number of ether oxygens (including phenoxy) is 2. The lowest BCUT2D eigenvalue weighted by Crippen LogP contribution is -2.37. The maximum Gasteiger partial charge on any atom is 0.412 e. The Kier molecular flexibility index (Phi) is 8.23. The van der Waals surface area contributed by atoms with Crippen LogP contribution in [0.4, 0.5) is 18.0 Å². The van der Waals surface area contributed by atoms with E-state index in [1.165, 1.54) is 29.3 Å². The van der Waals surface area contributed by atoms with E-state index in [2.05, 4.69) is 10.3 Å². The SMILES string of the molecule is CC(C)OC(=O)C1=CN(C(=O)c2ccc(F)c(F)c2)CC(C)(C)c2c1[nH]c1cc(OC(=O)NCc3ccc(F)cc3)ccc21. The topological polar surface area (TPSA) is 101 Å². The van der Waals surface area contributed by atoms with Crippen LogP contribution >= 0.6 is 0 Å². The van der Waals surface area contributed by atoms with Crippen molar-refractivity contribution in [2.24, 2.45) is 0 Å². The molecular weight excluding hydrogens is 575 g/mol. The van der Waals surface area contributed by atoms with Crippen LogP contribution in [0.5, 0.6) is 5.75 Å². The highest BCUT2D eigenvalue weighted by atomic mass is 19.2. The van der Waals surface area contributed by atoms with Crippen molar-refractivity contribution in [3.63, 3.8) is 0 Å². The molecule has 4 aromatic rings. The average Bonchev–Trinajstić information content (AvgIpc) is 3.29. The third kappa shape index (κ3) is 6.31. The minimum absolute atomic E-state index is 0.0610. The summed E-state index contributed by atoms with van der Waals surface area (Å²) in [6.07, 6.45) is 0.184. The van der Waals surface area contributed by atoms with E-state index in [4.69, 9.17) is 9.47 Å². The molecule has 0 radical (unpaired) electrons. The molecule has 8 nitrogen and oxygen atoms in total. The third-order valence-corrected chi connectivity index (χ3v) is 7.12. The number of hydrogen-bond acceptors (Lipinski definition) is 5. The fourth-order valence-electron chi connectivity index (χ4n) is 5.19. The number of aromatic nitrogens is 1. The number of rotatable bonds is 6. The van der Waals surface area contributed by atoms with Crippen molar-refractivity contribution < 1.29 is 37.0 Å². The monoisotopic (exact) mass is 605 g/mol. The zero-order valence-corrected chi connectivity index (χ0v) is 24.5. The van der Waals surface area contributed by atoms with Crippen LogP contribution in [0.2, 0.25) is 0 Å². The van der Waals surface area contributed by atoms with Crippen LogP contribution in [0.3, 0.4) is 0 Å². The molecular formula is C33H30F3N3O5. The number of nitrogens with zero attached hydrogens (tertiary/aromatic N) is 1. The second-order valence-electron chi connectivity index (χ2n) is 11.4. The molecule has 5 rings (SSSR count). The first-order chi connectivity index (χ1) is 20.8. The molecule has 1 aliphatic rings. The maximum absolute atomic E-state index is 14.0. The first kappa shape index (κ1) is 30.4. The fraction of sp³-hybridized carbons (Fsp3) is 0.242. The van der Waals surface area contributed by atoms with Gasteiger partial charge in [-0.3, -0.25) is 4.79 Å². The van der Waals surface area contributed by atoms with Gasteiger partial charge in [-0.1, -0.05) is 26.0 Å². The number of fused-ring (bicyclic) bond motifs is 3. The molecule has 0 spiro atoms. The smallest absolute Gasteiger partial charge is 0.412 e. The van der Waals surface area contributed by atoms with Gasteiger partial charge in [-0.15, -0.1) is 0 Å². The average molecular weight is 606 g/mol. The van der Waals surface area contributed by atoms with E-state index in [0.29, 0.717) is 22.3 Å². The summed E-state index contributed by atoms with van der Waals surface area (Å²) in [6.45, 7) is 7.40. The van der Waals surface area contributed by atoms with Gasteiger partial charge in [-0.25, -0.2) is 22.8 Å². The molecule has 0 bridgehead atoms. The third-order valence-electron chi connectivity index (χ3n) is 7.12. The Balaban J connectivity index is 1.49. The molecule has 44 heavy (non-hydrogen) atoms. The zero-order valence-electron chi connectivity index (χ0n) is 24.5. The van der Waals surface area contributed by atoms with E-state index in [9.17, 15) is 27.6 Å². The van der Waals surface area contributed by atoms with E-state index in [1.807, 2.05) is 13.8 Å². The standard InChI is InChI=1S/C33H30F3N3O5/c1-18(2)43-31(41)24-16-39(30(40)20-7-12-25(35)26(36)13-20)17-33(3,4)28-23-11-10-22(14-27(23)38-29(24)28)44-32(42)37-15-19-5-8-21(34)9-6-19/h5-14,16,18,38H,15,17H2,1-4H3,(H,37,42). The predicted molar refractivity (Wildman–Crippen MR) is 157 cm³/mol. The van der Waals surface area contributed by atoms with Gasteiger partial charge in [0, 0.05) is 47.2 Å². The van der Waals surface area contributed by atoms with Gasteiger partial charge in [0.25, 0.3) is 5.91 Å². The highest BCUT2D eigenvalue weighted by Gasteiger charge is 2.38. The molecule has 0 saturated carbocycles. The number of benzene rings is 3. The first-order valence-electron chi connectivity index (χ1n) is 13.9. The molecule has 0 aliphatic carbocycles. The second kappa shape index (κ2) is 11.9. The highest BCUT2D eigenvalue weighted by molar-refractivity contribution is 6.18.